The summed E-state index contributed by atoms with van der Waals surface area (Å²) in [6, 6.07) is 5.85. The second-order valence-corrected chi connectivity index (χ2v) is 4.55. The third-order valence-electron chi connectivity index (χ3n) is 3.25. The molecule has 0 radical (unpaired) electrons. The standard InChI is InChI=1S/C13H17FN2O2/c1-16-7-6-11(13(16)18)15-8-12(17)9-4-2-3-5-10(9)14/h2-5,11-12,15,17H,6-8H2,1H3. The smallest absolute Gasteiger partial charge is 0.239 e. The van der Waals surface area contributed by atoms with Crippen LogP contribution in [0.25, 0.3) is 0 Å². The van der Waals surface area contributed by atoms with Crippen LogP contribution in [0.15, 0.2) is 24.3 Å². The summed E-state index contributed by atoms with van der Waals surface area (Å²) in [7, 11) is 1.75. The van der Waals surface area contributed by atoms with Crippen molar-refractivity contribution in [3.05, 3.63) is 35.6 Å². The zero-order chi connectivity index (χ0) is 13.1. The van der Waals surface area contributed by atoms with Crippen LogP contribution in [-0.2, 0) is 4.79 Å². The third-order valence-corrected chi connectivity index (χ3v) is 3.25. The number of likely N-dealkylation sites (tertiary alicyclic amines) is 1. The molecule has 0 bridgehead atoms. The first-order valence-corrected chi connectivity index (χ1v) is 6.00. The van der Waals surface area contributed by atoms with E-state index in [0.29, 0.717) is 6.54 Å². The van der Waals surface area contributed by atoms with Gasteiger partial charge in [-0.25, -0.2) is 4.39 Å². The van der Waals surface area contributed by atoms with Gasteiger partial charge < -0.3 is 15.3 Å². The van der Waals surface area contributed by atoms with Gasteiger partial charge in [0.05, 0.1) is 12.1 Å². The van der Waals surface area contributed by atoms with Gasteiger partial charge in [-0.1, -0.05) is 18.2 Å². The highest BCUT2D eigenvalue weighted by Gasteiger charge is 2.29. The Bertz CT molecular complexity index is 439. The maximum atomic E-state index is 13.4. The van der Waals surface area contributed by atoms with E-state index >= 15 is 0 Å². The van der Waals surface area contributed by atoms with Crippen molar-refractivity contribution in [1.29, 1.82) is 0 Å². The number of aliphatic hydroxyl groups is 1. The van der Waals surface area contributed by atoms with Crippen molar-refractivity contribution in [2.45, 2.75) is 18.6 Å². The number of carbonyl (C=O) groups excluding carboxylic acids is 1. The lowest BCUT2D eigenvalue weighted by molar-refractivity contribution is -0.128. The summed E-state index contributed by atoms with van der Waals surface area (Å²) in [5.74, 6) is -0.405. The number of aliphatic hydroxyl groups excluding tert-OH is 1. The number of nitrogens with one attached hydrogen (secondary N) is 1. The first-order valence-electron chi connectivity index (χ1n) is 6.00. The second kappa shape index (κ2) is 5.46. The van der Waals surface area contributed by atoms with E-state index in [9.17, 15) is 14.3 Å². The van der Waals surface area contributed by atoms with Gasteiger partial charge in [0.15, 0.2) is 0 Å². The van der Waals surface area contributed by atoms with Crippen molar-refractivity contribution in [3.63, 3.8) is 0 Å². The maximum absolute atomic E-state index is 13.4. The Morgan fingerprint density at radius 3 is 2.89 bits per heavy atom. The summed E-state index contributed by atoms with van der Waals surface area (Å²) in [5.41, 5.74) is 0.254. The predicted octanol–water partition coefficient (Wildman–Crippen LogP) is 0.679. The molecule has 2 unspecified atom stereocenters. The molecule has 0 aromatic heterocycles. The van der Waals surface area contributed by atoms with Gasteiger partial charge >= 0.3 is 0 Å². The maximum Gasteiger partial charge on any atom is 0.239 e. The van der Waals surface area contributed by atoms with Crippen LogP contribution in [0.4, 0.5) is 4.39 Å². The molecule has 2 N–H and O–H groups in total. The minimum atomic E-state index is -0.940. The molecular formula is C13H17FN2O2. The third kappa shape index (κ3) is 2.68. The molecule has 4 nitrogen and oxygen atoms in total. The average Bonchev–Trinajstić information content (AvgIpc) is 2.68. The molecule has 1 aromatic rings. The lowest BCUT2D eigenvalue weighted by atomic mass is 10.1. The zero-order valence-electron chi connectivity index (χ0n) is 10.3. The molecule has 1 aromatic carbocycles. The van der Waals surface area contributed by atoms with Crippen LogP contribution < -0.4 is 5.32 Å². The Labute approximate surface area is 105 Å². The molecule has 1 heterocycles. The molecule has 5 heteroatoms. The second-order valence-electron chi connectivity index (χ2n) is 4.55. The number of benzene rings is 1. The molecule has 1 saturated heterocycles. The van der Waals surface area contributed by atoms with E-state index in [2.05, 4.69) is 5.32 Å². The number of amides is 1. The molecule has 2 atom stereocenters. The molecule has 18 heavy (non-hydrogen) atoms. The van der Waals surface area contributed by atoms with Gasteiger partial charge in [-0.2, -0.15) is 0 Å². The number of carbonyl (C=O) groups is 1. The summed E-state index contributed by atoms with van der Waals surface area (Å²) >= 11 is 0. The Morgan fingerprint density at radius 1 is 1.56 bits per heavy atom. The molecule has 1 aliphatic rings. The molecule has 1 amide bonds. The normalized spacial score (nSPS) is 21.4. The Balaban J connectivity index is 1.91. The molecule has 2 rings (SSSR count). The van der Waals surface area contributed by atoms with Gasteiger partial charge in [0.2, 0.25) is 5.91 Å². The van der Waals surface area contributed by atoms with Gasteiger partial charge in [0, 0.05) is 25.7 Å². The van der Waals surface area contributed by atoms with Gasteiger partial charge in [0.25, 0.3) is 0 Å². The molecule has 98 valence electrons. The van der Waals surface area contributed by atoms with E-state index in [0.717, 1.165) is 6.42 Å². The van der Waals surface area contributed by atoms with E-state index in [-0.39, 0.29) is 24.1 Å². The lowest BCUT2D eigenvalue weighted by Crippen LogP contribution is -2.39. The van der Waals surface area contributed by atoms with E-state index in [4.69, 9.17) is 0 Å². The Kier molecular flexibility index (Phi) is 3.93. The van der Waals surface area contributed by atoms with Crippen molar-refractivity contribution < 1.29 is 14.3 Å². The lowest BCUT2D eigenvalue weighted by Gasteiger charge is -2.16. The Morgan fingerprint density at radius 2 is 2.28 bits per heavy atom. The SMILES string of the molecule is CN1CCC(NCC(O)c2ccccc2F)C1=O. The van der Waals surface area contributed by atoms with Gasteiger partial charge in [-0.05, 0) is 12.5 Å². The van der Waals surface area contributed by atoms with Crippen LogP contribution >= 0.6 is 0 Å². The van der Waals surface area contributed by atoms with Crippen molar-refractivity contribution in [1.82, 2.24) is 10.2 Å². The van der Waals surface area contributed by atoms with Crippen molar-refractivity contribution >= 4 is 5.91 Å². The first-order chi connectivity index (χ1) is 8.59. The van der Waals surface area contributed by atoms with E-state index in [1.165, 1.54) is 6.07 Å². The minimum absolute atomic E-state index is 0.0238. The van der Waals surface area contributed by atoms with Crippen LogP contribution in [-0.4, -0.2) is 42.1 Å². The summed E-state index contributed by atoms with van der Waals surface area (Å²) in [5, 5.41) is 12.9. The van der Waals surface area contributed by atoms with E-state index in [1.54, 1.807) is 30.1 Å². The summed E-state index contributed by atoms with van der Waals surface area (Å²) in [4.78, 5) is 13.3. The van der Waals surface area contributed by atoms with E-state index in [1.807, 2.05) is 0 Å². The highest BCUT2D eigenvalue weighted by atomic mass is 19.1. The van der Waals surface area contributed by atoms with Crippen molar-refractivity contribution in [2.75, 3.05) is 20.1 Å². The van der Waals surface area contributed by atoms with Gasteiger partial charge in [-0.15, -0.1) is 0 Å². The Hall–Kier alpha value is -1.46. The number of hydrogen-bond donors (Lipinski definition) is 2. The molecular weight excluding hydrogens is 235 g/mol. The fourth-order valence-electron chi connectivity index (χ4n) is 2.12. The van der Waals surface area contributed by atoms with E-state index < -0.39 is 11.9 Å². The average molecular weight is 252 g/mol. The topological polar surface area (TPSA) is 52.6 Å². The molecule has 0 aliphatic carbocycles. The first kappa shape index (κ1) is 13.0. The van der Waals surface area contributed by atoms with Crippen LogP contribution in [0.1, 0.15) is 18.1 Å². The van der Waals surface area contributed by atoms with Crippen molar-refractivity contribution in [3.8, 4) is 0 Å². The van der Waals surface area contributed by atoms with Crippen LogP contribution in [0.3, 0.4) is 0 Å². The fraction of sp³-hybridized carbons (Fsp3) is 0.462. The number of likely N-dealkylation sites (N-methyl/N-ethyl adjacent to an activating group) is 1. The molecule has 0 saturated carbocycles. The van der Waals surface area contributed by atoms with Crippen LogP contribution in [0.5, 0.6) is 0 Å². The molecule has 1 aliphatic heterocycles. The largest absolute Gasteiger partial charge is 0.387 e. The van der Waals surface area contributed by atoms with Crippen molar-refractivity contribution in [2.24, 2.45) is 0 Å². The number of nitrogens with zero attached hydrogens (tertiary/aromatic N) is 1. The monoisotopic (exact) mass is 252 g/mol. The molecule has 1 fully saturated rings. The predicted molar refractivity (Wildman–Crippen MR) is 65.4 cm³/mol. The molecule has 0 spiro atoms. The number of rotatable bonds is 4. The number of hydrogen-bond acceptors (Lipinski definition) is 3. The highest BCUT2D eigenvalue weighted by molar-refractivity contribution is 5.83. The summed E-state index contributed by atoms with van der Waals surface area (Å²) in [6.07, 6.45) is -0.218. The quantitative estimate of drug-likeness (QED) is 0.828. The van der Waals surface area contributed by atoms with Crippen LogP contribution in [0.2, 0.25) is 0 Å². The van der Waals surface area contributed by atoms with Crippen LogP contribution in [0, 0.1) is 5.82 Å². The summed E-state index contributed by atoms with van der Waals surface area (Å²) in [6.45, 7) is 0.886. The zero-order valence-corrected chi connectivity index (χ0v) is 10.3. The number of halogens is 1. The highest BCUT2D eigenvalue weighted by Crippen LogP contribution is 2.16. The summed E-state index contributed by atoms with van der Waals surface area (Å²) < 4.78 is 13.4. The minimum Gasteiger partial charge on any atom is -0.387 e. The van der Waals surface area contributed by atoms with Gasteiger partial charge in [-0.3, -0.25) is 4.79 Å². The fourth-order valence-corrected chi connectivity index (χ4v) is 2.12. The van der Waals surface area contributed by atoms with Gasteiger partial charge in [0.1, 0.15) is 5.82 Å².